The molecule has 8 heteroatoms. The Bertz CT molecular complexity index is 1100. The fourth-order valence-electron chi connectivity index (χ4n) is 2.77. The van der Waals surface area contributed by atoms with Crippen molar-refractivity contribution < 1.29 is 19.4 Å². The van der Waals surface area contributed by atoms with Gasteiger partial charge in [0, 0.05) is 16.7 Å². The molecular formula is C21H18ClN3O4. The summed E-state index contributed by atoms with van der Waals surface area (Å²) in [5, 5.41) is 11.1. The van der Waals surface area contributed by atoms with E-state index in [2.05, 4.69) is 9.97 Å². The van der Waals surface area contributed by atoms with Crippen LogP contribution in [0.4, 0.5) is 0 Å². The molecule has 3 N–H and O–H groups in total. The van der Waals surface area contributed by atoms with Crippen molar-refractivity contribution in [3.8, 4) is 0 Å². The predicted octanol–water partition coefficient (Wildman–Crippen LogP) is 3.47. The molecule has 29 heavy (non-hydrogen) atoms. The van der Waals surface area contributed by atoms with E-state index in [9.17, 15) is 14.7 Å². The maximum atomic E-state index is 12.4. The number of aromatic nitrogens is 2. The summed E-state index contributed by atoms with van der Waals surface area (Å²) in [4.78, 5) is 33.3. The first-order chi connectivity index (χ1) is 13.9. The first kappa shape index (κ1) is 20.3. The molecule has 0 saturated carbocycles. The maximum absolute atomic E-state index is 12.4. The number of nitrogens with zero attached hydrogens (tertiary/aromatic N) is 2. The van der Waals surface area contributed by atoms with Crippen LogP contribution in [-0.4, -0.2) is 33.6 Å². The van der Waals surface area contributed by atoms with Crippen LogP contribution in [0.25, 0.3) is 22.9 Å². The Morgan fingerprint density at radius 3 is 2.34 bits per heavy atom. The molecule has 1 atom stereocenters. The highest BCUT2D eigenvalue weighted by molar-refractivity contribution is 6.30. The monoisotopic (exact) mass is 411 g/mol. The molecule has 2 aromatic carbocycles. The minimum atomic E-state index is -1.46. The summed E-state index contributed by atoms with van der Waals surface area (Å²) in [7, 11) is 0. The van der Waals surface area contributed by atoms with Crippen LogP contribution < -0.4 is 5.73 Å². The van der Waals surface area contributed by atoms with Crippen LogP contribution in [0.15, 0.2) is 48.5 Å². The van der Waals surface area contributed by atoms with Gasteiger partial charge in [0.05, 0.1) is 29.0 Å². The molecular weight excluding hydrogens is 394 g/mol. The van der Waals surface area contributed by atoms with Gasteiger partial charge in [-0.15, -0.1) is 0 Å². The van der Waals surface area contributed by atoms with Crippen LogP contribution in [0.3, 0.4) is 0 Å². The number of aliphatic hydroxyl groups excluding tert-OH is 1. The largest absolute Gasteiger partial charge is 0.507 e. The fourth-order valence-corrected chi connectivity index (χ4v) is 2.89. The minimum Gasteiger partial charge on any atom is -0.507 e. The van der Waals surface area contributed by atoms with E-state index in [-0.39, 0.29) is 23.8 Å². The van der Waals surface area contributed by atoms with E-state index in [1.54, 1.807) is 55.5 Å². The van der Waals surface area contributed by atoms with Gasteiger partial charge in [0.15, 0.2) is 5.92 Å². The molecule has 1 unspecified atom stereocenters. The Balaban J connectivity index is 2.19. The number of hydrogen-bond acceptors (Lipinski definition) is 6. The molecule has 0 bridgehead atoms. The molecule has 0 aliphatic carbocycles. The Hall–Kier alpha value is -3.45. The van der Waals surface area contributed by atoms with Gasteiger partial charge in [-0.3, -0.25) is 9.59 Å². The second-order valence-electron chi connectivity index (χ2n) is 6.11. The van der Waals surface area contributed by atoms with Crippen molar-refractivity contribution in [3.63, 3.8) is 0 Å². The molecule has 3 aromatic rings. The summed E-state index contributed by atoms with van der Waals surface area (Å²) in [5.41, 5.74) is 7.08. The second-order valence-corrected chi connectivity index (χ2v) is 6.54. The van der Waals surface area contributed by atoms with E-state index < -0.39 is 17.8 Å². The van der Waals surface area contributed by atoms with E-state index in [1.807, 2.05) is 0 Å². The lowest BCUT2D eigenvalue weighted by atomic mass is 10.0. The summed E-state index contributed by atoms with van der Waals surface area (Å²) in [6.07, 6.45) is 1.33. The SMILES string of the molecule is CCOC(=O)C(C(N)=O)c1nc2ccccc2nc1/C=C(/O)c1ccc(Cl)cc1. The lowest BCUT2D eigenvalue weighted by Gasteiger charge is -2.15. The zero-order chi connectivity index (χ0) is 21.0. The van der Waals surface area contributed by atoms with E-state index in [0.29, 0.717) is 21.6 Å². The smallest absolute Gasteiger partial charge is 0.324 e. The van der Waals surface area contributed by atoms with Crippen LogP contribution in [0.1, 0.15) is 29.8 Å². The quantitative estimate of drug-likeness (QED) is 0.364. The average molecular weight is 412 g/mol. The van der Waals surface area contributed by atoms with Gasteiger partial charge in [-0.1, -0.05) is 23.7 Å². The van der Waals surface area contributed by atoms with Gasteiger partial charge in [-0.25, -0.2) is 9.97 Å². The third kappa shape index (κ3) is 4.52. The average Bonchev–Trinajstić information content (AvgIpc) is 2.69. The Morgan fingerprint density at radius 1 is 1.14 bits per heavy atom. The van der Waals surface area contributed by atoms with Crippen LogP contribution in [0, 0.1) is 0 Å². The fraction of sp³-hybridized carbons (Fsp3) is 0.143. The number of benzene rings is 2. The molecule has 3 rings (SSSR count). The minimum absolute atomic E-state index is 0.00941. The standard InChI is InChI=1S/C21H18ClN3O4/c1-2-29-21(28)18(20(23)27)19-16(24-14-5-3-4-6-15(14)25-19)11-17(26)12-7-9-13(22)10-8-12/h3-11,18,26H,2H2,1H3,(H2,23,27)/b17-11+. The number of amides is 1. The highest BCUT2D eigenvalue weighted by Gasteiger charge is 2.32. The molecule has 0 spiro atoms. The highest BCUT2D eigenvalue weighted by Crippen LogP contribution is 2.25. The van der Waals surface area contributed by atoms with E-state index in [1.165, 1.54) is 6.08 Å². The number of halogens is 1. The first-order valence-corrected chi connectivity index (χ1v) is 9.17. The van der Waals surface area contributed by atoms with Gasteiger partial charge < -0.3 is 15.6 Å². The Kier molecular flexibility index (Phi) is 6.09. The van der Waals surface area contributed by atoms with E-state index in [4.69, 9.17) is 22.1 Å². The predicted molar refractivity (Wildman–Crippen MR) is 110 cm³/mol. The lowest BCUT2D eigenvalue weighted by Crippen LogP contribution is -2.31. The van der Waals surface area contributed by atoms with Gasteiger partial charge >= 0.3 is 5.97 Å². The number of hydrogen-bond donors (Lipinski definition) is 2. The molecule has 0 aliphatic rings. The van der Waals surface area contributed by atoms with Crippen LogP contribution in [-0.2, 0) is 14.3 Å². The molecule has 0 saturated heterocycles. The number of ether oxygens (including phenoxy) is 1. The second kappa shape index (κ2) is 8.70. The first-order valence-electron chi connectivity index (χ1n) is 8.80. The third-order valence-corrected chi connectivity index (χ3v) is 4.37. The highest BCUT2D eigenvalue weighted by atomic mass is 35.5. The molecule has 0 radical (unpaired) electrons. The maximum Gasteiger partial charge on any atom is 0.324 e. The Labute approximate surface area is 171 Å². The molecule has 1 amide bonds. The third-order valence-electron chi connectivity index (χ3n) is 4.12. The summed E-state index contributed by atoms with van der Waals surface area (Å²) in [6, 6.07) is 13.5. The number of nitrogens with two attached hydrogens (primary N) is 1. The number of esters is 1. The number of para-hydroxylation sites is 2. The number of carbonyl (C=O) groups excluding carboxylic acids is 2. The lowest BCUT2D eigenvalue weighted by molar-refractivity contribution is -0.147. The van der Waals surface area contributed by atoms with Crippen molar-refractivity contribution in [1.29, 1.82) is 0 Å². The van der Waals surface area contributed by atoms with Gasteiger partial charge in [0.25, 0.3) is 0 Å². The summed E-state index contributed by atoms with van der Waals surface area (Å²) in [6.45, 7) is 1.69. The van der Waals surface area contributed by atoms with Crippen molar-refractivity contribution in [1.82, 2.24) is 9.97 Å². The van der Waals surface area contributed by atoms with Crippen molar-refractivity contribution in [2.45, 2.75) is 12.8 Å². The van der Waals surface area contributed by atoms with Gasteiger partial charge in [-0.05, 0) is 43.3 Å². The number of aliphatic hydroxyl groups is 1. The molecule has 148 valence electrons. The van der Waals surface area contributed by atoms with Gasteiger partial charge in [-0.2, -0.15) is 0 Å². The normalized spacial score (nSPS) is 12.6. The summed E-state index contributed by atoms with van der Waals surface area (Å²) >= 11 is 5.88. The molecule has 1 heterocycles. The Morgan fingerprint density at radius 2 is 1.76 bits per heavy atom. The van der Waals surface area contributed by atoms with Crippen LogP contribution in [0.2, 0.25) is 5.02 Å². The van der Waals surface area contributed by atoms with Crippen molar-refractivity contribution in [3.05, 3.63) is 70.5 Å². The van der Waals surface area contributed by atoms with Crippen molar-refractivity contribution >= 4 is 46.3 Å². The number of primary amides is 1. The molecule has 0 aliphatic heterocycles. The zero-order valence-corrected chi connectivity index (χ0v) is 16.3. The number of rotatable bonds is 6. The van der Waals surface area contributed by atoms with Gasteiger partial charge in [0.2, 0.25) is 5.91 Å². The zero-order valence-electron chi connectivity index (χ0n) is 15.5. The van der Waals surface area contributed by atoms with Crippen molar-refractivity contribution in [2.75, 3.05) is 6.61 Å². The summed E-state index contributed by atoms with van der Waals surface area (Å²) < 4.78 is 4.98. The topological polar surface area (TPSA) is 115 Å². The summed E-state index contributed by atoms with van der Waals surface area (Å²) in [5.74, 6) is -3.35. The number of fused-ring (bicyclic) bond motifs is 1. The molecule has 0 fully saturated rings. The van der Waals surface area contributed by atoms with Crippen molar-refractivity contribution in [2.24, 2.45) is 5.73 Å². The number of carbonyl (C=O) groups is 2. The van der Waals surface area contributed by atoms with Crippen LogP contribution >= 0.6 is 11.6 Å². The molecule has 7 nitrogen and oxygen atoms in total. The van der Waals surface area contributed by atoms with Crippen LogP contribution in [0.5, 0.6) is 0 Å². The van der Waals surface area contributed by atoms with E-state index >= 15 is 0 Å². The van der Waals surface area contributed by atoms with E-state index in [0.717, 1.165) is 0 Å². The van der Waals surface area contributed by atoms with Gasteiger partial charge in [0.1, 0.15) is 5.76 Å². The molecule has 1 aromatic heterocycles.